The van der Waals surface area contributed by atoms with Gasteiger partial charge < -0.3 is 30.6 Å². The van der Waals surface area contributed by atoms with Gasteiger partial charge in [0.25, 0.3) is 0 Å². The monoisotopic (exact) mass is 698 g/mol. The van der Waals surface area contributed by atoms with E-state index in [0.717, 1.165) is 60.8 Å². The first kappa shape index (κ1) is 42.9. The van der Waals surface area contributed by atoms with Gasteiger partial charge >= 0.3 is 0 Å². The summed E-state index contributed by atoms with van der Waals surface area (Å²) in [5.74, 6) is 0.271. The molecule has 0 saturated heterocycles. The predicted octanol–water partition coefficient (Wildman–Crippen LogP) is 9.69. The molecule has 6 N–H and O–H groups in total. The third-order valence-corrected chi connectivity index (χ3v) is 9.10. The van der Waals surface area contributed by atoms with Crippen molar-refractivity contribution in [1.29, 1.82) is 0 Å². The summed E-state index contributed by atoms with van der Waals surface area (Å²) in [5.41, 5.74) is 9.16. The van der Waals surface area contributed by atoms with Crippen LogP contribution in [-0.4, -0.2) is 42.8 Å². The van der Waals surface area contributed by atoms with E-state index in [2.05, 4.69) is 44.4 Å². The predicted molar refractivity (Wildman–Crippen MR) is 212 cm³/mol. The molecule has 3 aromatic carbocycles. The summed E-state index contributed by atoms with van der Waals surface area (Å²) in [6, 6.07) is 13.7. The van der Waals surface area contributed by atoms with Gasteiger partial charge in [-0.05, 0) is 109 Å². The van der Waals surface area contributed by atoms with Crippen LogP contribution < -0.4 is 0 Å². The molecule has 3 rings (SSSR count). The normalized spacial score (nSPS) is 11.9. The van der Waals surface area contributed by atoms with Gasteiger partial charge in [-0.15, -0.1) is 0 Å². The van der Waals surface area contributed by atoms with E-state index in [9.17, 15) is 30.6 Å². The van der Waals surface area contributed by atoms with Crippen LogP contribution in [0.25, 0.3) is 0 Å². The zero-order chi connectivity index (χ0) is 38.2. The molecule has 278 valence electrons. The molecule has 0 bridgehead atoms. The largest absolute Gasteiger partial charge is 0.508 e. The third kappa shape index (κ3) is 13.8. The molecule has 0 aromatic heterocycles. The summed E-state index contributed by atoms with van der Waals surface area (Å²) in [5, 5.41) is 62.6. The highest BCUT2D eigenvalue weighted by atomic mass is 16.3. The van der Waals surface area contributed by atoms with Crippen LogP contribution in [0.15, 0.2) is 90.1 Å². The van der Waals surface area contributed by atoms with E-state index in [-0.39, 0.29) is 35.8 Å². The van der Waals surface area contributed by atoms with E-state index in [1.807, 2.05) is 45.9 Å². The summed E-state index contributed by atoms with van der Waals surface area (Å²) in [7, 11) is 0. The van der Waals surface area contributed by atoms with E-state index < -0.39 is 12.2 Å². The quantitative estimate of drug-likeness (QED) is 0.0617. The number of aromatic hydroxyl groups is 4. The second-order valence-electron chi connectivity index (χ2n) is 14.3. The van der Waals surface area contributed by atoms with Crippen molar-refractivity contribution in [3.05, 3.63) is 129 Å². The summed E-state index contributed by atoms with van der Waals surface area (Å²) >= 11 is 0. The Bertz CT molecular complexity index is 1660. The van der Waals surface area contributed by atoms with Crippen LogP contribution in [-0.2, 0) is 44.9 Å². The summed E-state index contributed by atoms with van der Waals surface area (Å²) in [6.45, 7) is 21.2. The van der Waals surface area contributed by atoms with Crippen LogP contribution in [0.2, 0.25) is 0 Å². The van der Waals surface area contributed by atoms with E-state index in [1.54, 1.807) is 26.0 Å². The minimum absolute atomic E-state index is 0.0248. The Morgan fingerprint density at radius 1 is 0.608 bits per heavy atom. The SMILES string of the molecule is C=C(C)C(O)Cc1c(O)cc(CCCCC)c(CC=C(C)C)c1O.C=C(C)C(O)Cc1c(O)cc(CCc2ccccc2)c(CC=C(C)C)c1O. The molecule has 0 spiro atoms. The Hall–Kier alpha value is -4.26. The number of aryl methyl sites for hydroxylation is 3. The molecule has 0 radical (unpaired) electrons. The third-order valence-electron chi connectivity index (χ3n) is 9.10. The number of unbranched alkanes of at least 4 members (excludes halogenated alkanes) is 2. The average Bonchev–Trinajstić information content (AvgIpc) is 3.07. The lowest BCUT2D eigenvalue weighted by Gasteiger charge is -2.18. The minimum atomic E-state index is -0.798. The molecule has 0 aliphatic heterocycles. The summed E-state index contributed by atoms with van der Waals surface area (Å²) in [4.78, 5) is 0. The topological polar surface area (TPSA) is 121 Å². The van der Waals surface area contributed by atoms with Crippen LogP contribution in [0, 0.1) is 0 Å². The number of rotatable bonds is 17. The number of phenols is 4. The Morgan fingerprint density at radius 2 is 1.04 bits per heavy atom. The van der Waals surface area contributed by atoms with Gasteiger partial charge in [-0.25, -0.2) is 0 Å². The molecule has 51 heavy (non-hydrogen) atoms. The molecule has 0 amide bonds. The minimum Gasteiger partial charge on any atom is -0.508 e. The Balaban J connectivity index is 0.000000356. The van der Waals surface area contributed by atoms with Crippen molar-refractivity contribution in [3.63, 3.8) is 0 Å². The number of aliphatic hydroxyl groups excluding tert-OH is 2. The molecular formula is C45H62O6. The fourth-order valence-electron chi connectivity index (χ4n) is 5.73. The highest BCUT2D eigenvalue weighted by Crippen LogP contribution is 2.38. The summed E-state index contributed by atoms with van der Waals surface area (Å²) < 4.78 is 0. The molecule has 6 heteroatoms. The first-order valence-electron chi connectivity index (χ1n) is 18.2. The van der Waals surface area contributed by atoms with Crippen LogP contribution in [0.4, 0.5) is 0 Å². The highest BCUT2D eigenvalue weighted by Gasteiger charge is 2.21. The highest BCUT2D eigenvalue weighted by molar-refractivity contribution is 5.55. The molecule has 0 aliphatic carbocycles. The maximum absolute atomic E-state index is 10.9. The van der Waals surface area contributed by atoms with Gasteiger partial charge in [-0.2, -0.15) is 0 Å². The van der Waals surface area contributed by atoms with E-state index >= 15 is 0 Å². The van der Waals surface area contributed by atoms with Crippen LogP contribution >= 0.6 is 0 Å². The lowest BCUT2D eigenvalue weighted by Crippen LogP contribution is -2.12. The van der Waals surface area contributed by atoms with Gasteiger partial charge in [0.15, 0.2) is 0 Å². The zero-order valence-electron chi connectivity index (χ0n) is 32.0. The molecule has 2 unspecified atom stereocenters. The van der Waals surface area contributed by atoms with Gasteiger partial charge in [-0.1, -0.05) is 97.7 Å². The second-order valence-corrected chi connectivity index (χ2v) is 14.3. The van der Waals surface area contributed by atoms with Gasteiger partial charge in [0.2, 0.25) is 0 Å². The van der Waals surface area contributed by atoms with Crippen LogP contribution in [0.3, 0.4) is 0 Å². The lowest BCUT2D eigenvalue weighted by molar-refractivity contribution is 0.209. The maximum Gasteiger partial charge on any atom is 0.126 e. The molecule has 0 aliphatic rings. The van der Waals surface area contributed by atoms with E-state index in [4.69, 9.17) is 0 Å². The van der Waals surface area contributed by atoms with Crippen molar-refractivity contribution in [2.45, 2.75) is 125 Å². The van der Waals surface area contributed by atoms with Gasteiger partial charge in [0, 0.05) is 35.1 Å². The van der Waals surface area contributed by atoms with Crippen molar-refractivity contribution in [2.75, 3.05) is 0 Å². The molecule has 2 atom stereocenters. The lowest BCUT2D eigenvalue weighted by atomic mass is 9.91. The number of benzene rings is 3. The first-order valence-corrected chi connectivity index (χ1v) is 18.2. The molecule has 0 fully saturated rings. The molecule has 3 aromatic rings. The first-order chi connectivity index (χ1) is 24.1. The molecule has 0 heterocycles. The summed E-state index contributed by atoms with van der Waals surface area (Å²) in [6.07, 6.45) is 9.79. The Morgan fingerprint density at radius 3 is 1.43 bits per heavy atom. The van der Waals surface area contributed by atoms with Crippen molar-refractivity contribution < 1.29 is 30.6 Å². The van der Waals surface area contributed by atoms with Crippen LogP contribution in [0.5, 0.6) is 23.0 Å². The van der Waals surface area contributed by atoms with Crippen molar-refractivity contribution >= 4 is 0 Å². The maximum atomic E-state index is 10.9. The number of allylic oxidation sites excluding steroid dienone is 4. The number of hydrogen-bond donors (Lipinski definition) is 6. The number of hydrogen-bond acceptors (Lipinski definition) is 6. The van der Waals surface area contributed by atoms with Gasteiger partial charge in [0.1, 0.15) is 23.0 Å². The average molecular weight is 699 g/mol. The van der Waals surface area contributed by atoms with Crippen molar-refractivity contribution in [1.82, 2.24) is 0 Å². The molecule has 0 saturated carbocycles. The van der Waals surface area contributed by atoms with Crippen LogP contribution in [0.1, 0.15) is 107 Å². The van der Waals surface area contributed by atoms with Crippen molar-refractivity contribution in [3.8, 4) is 23.0 Å². The number of phenolic OH excluding ortho intramolecular Hbond substituents is 4. The number of aliphatic hydroxyl groups is 2. The zero-order valence-corrected chi connectivity index (χ0v) is 32.0. The van der Waals surface area contributed by atoms with Crippen molar-refractivity contribution in [2.24, 2.45) is 0 Å². The standard InChI is InChI=1S/C24H30O3.C21H32O3/c1-16(2)10-13-20-19(12-11-18-8-6-5-7-9-18)14-23(26)21(24(20)27)15-22(25)17(3)4;1-6-7-8-9-16-12-20(23)18(13-19(22)15(4)5)21(24)17(16)11-10-14(2)3/h5-10,14,22,25-27H,3,11-13,15H2,1-2,4H3;10,12,19,22-24H,4,6-9,11,13H2,1-3,5H3. The molecule has 6 nitrogen and oxygen atoms in total. The second kappa shape index (κ2) is 21.2. The molecular weight excluding hydrogens is 636 g/mol. The Labute approximate surface area is 306 Å². The Kier molecular flexibility index (Phi) is 17.8. The van der Waals surface area contributed by atoms with E-state index in [0.29, 0.717) is 35.1 Å². The fraction of sp³-hybridized carbons (Fsp3) is 0.422. The van der Waals surface area contributed by atoms with Gasteiger partial charge in [-0.3, -0.25) is 0 Å². The van der Waals surface area contributed by atoms with E-state index in [1.165, 1.54) is 16.7 Å². The fourth-order valence-corrected chi connectivity index (χ4v) is 5.73. The smallest absolute Gasteiger partial charge is 0.126 e. The van der Waals surface area contributed by atoms with Gasteiger partial charge in [0.05, 0.1) is 12.2 Å².